The van der Waals surface area contributed by atoms with Gasteiger partial charge in [-0.1, -0.05) is 28.7 Å². The zero-order chi connectivity index (χ0) is 4.83. The van der Waals surface area contributed by atoms with E-state index in [1.165, 1.54) is 6.42 Å². The largest absolute Gasteiger partial charge is 0.0928 e. The van der Waals surface area contributed by atoms with Crippen LogP contribution in [0.1, 0.15) is 12.8 Å². The van der Waals surface area contributed by atoms with Gasteiger partial charge in [-0.3, -0.25) is 0 Å². The Morgan fingerprint density at radius 2 is 2.00 bits per heavy atom. The molecule has 0 saturated heterocycles. The highest BCUT2D eigenvalue weighted by Gasteiger charge is 1.76. The van der Waals surface area contributed by atoms with E-state index >= 15 is 0 Å². The predicted octanol–water partition coefficient (Wildman–Crippen LogP) is 1.75. The molecule has 0 amide bonds. The lowest BCUT2D eigenvalue weighted by Gasteiger charge is -1.85. The summed E-state index contributed by atoms with van der Waals surface area (Å²) >= 11 is 3.29. The summed E-state index contributed by atoms with van der Waals surface area (Å²) in [5.74, 6) is 0. The van der Waals surface area contributed by atoms with Gasteiger partial charge >= 0.3 is 0 Å². The molecular weight excluding hydrogens is 139 g/mol. The van der Waals surface area contributed by atoms with Crippen molar-refractivity contribution in [3.63, 3.8) is 0 Å². The van der Waals surface area contributed by atoms with E-state index in [4.69, 9.17) is 7.85 Å². The number of hydrogen-bond acceptors (Lipinski definition) is 0. The standard InChI is InChI=1S/C4H8BBr/c5-3-1-2-4-6/h1-4H2. The van der Waals surface area contributed by atoms with Gasteiger partial charge in [0.25, 0.3) is 0 Å². The number of unbranched alkanes of at least 4 members (excludes halogenated alkanes) is 1. The molecule has 0 aromatic heterocycles. The number of hydrogen-bond donors (Lipinski definition) is 0. The van der Waals surface area contributed by atoms with Crippen molar-refractivity contribution in [3.05, 3.63) is 0 Å². The molecule has 0 fully saturated rings. The predicted molar refractivity (Wildman–Crippen MR) is 33.6 cm³/mol. The van der Waals surface area contributed by atoms with Crippen LogP contribution in [0, 0.1) is 0 Å². The van der Waals surface area contributed by atoms with Gasteiger partial charge in [-0.25, -0.2) is 0 Å². The number of alkyl halides is 1. The highest BCUT2D eigenvalue weighted by atomic mass is 79.9. The van der Waals surface area contributed by atoms with E-state index in [1.54, 1.807) is 0 Å². The molecule has 0 heterocycles. The van der Waals surface area contributed by atoms with Crippen LogP contribution in [0.15, 0.2) is 0 Å². The molecule has 0 aliphatic heterocycles. The third kappa shape index (κ3) is 4.54. The maximum Gasteiger partial charge on any atom is 0.0653 e. The highest BCUT2D eigenvalue weighted by Crippen LogP contribution is 1.94. The summed E-state index contributed by atoms with van der Waals surface area (Å²) in [6, 6.07) is 0. The van der Waals surface area contributed by atoms with Crippen molar-refractivity contribution in [1.82, 2.24) is 0 Å². The minimum atomic E-state index is 0.825. The van der Waals surface area contributed by atoms with Gasteiger partial charge in [-0.15, -0.1) is 0 Å². The molecule has 0 aromatic carbocycles. The van der Waals surface area contributed by atoms with Crippen LogP contribution in [0.2, 0.25) is 6.32 Å². The maximum absolute atomic E-state index is 5.19. The molecular formula is C4H8BBr. The zero-order valence-corrected chi connectivity index (χ0v) is 5.37. The van der Waals surface area contributed by atoms with E-state index in [1.807, 2.05) is 0 Å². The van der Waals surface area contributed by atoms with Crippen molar-refractivity contribution in [3.8, 4) is 0 Å². The molecule has 0 aliphatic rings. The average Bonchev–Trinajstić information content (AvgIpc) is 1.61. The van der Waals surface area contributed by atoms with Gasteiger partial charge in [-0.05, 0) is 6.42 Å². The summed E-state index contributed by atoms with van der Waals surface area (Å²) in [5, 5.41) is 1.09. The van der Waals surface area contributed by atoms with Crippen LogP contribution in [0.25, 0.3) is 0 Å². The van der Waals surface area contributed by atoms with Crippen LogP contribution < -0.4 is 0 Å². The summed E-state index contributed by atoms with van der Waals surface area (Å²) in [4.78, 5) is 0. The maximum atomic E-state index is 5.19. The second-order valence-corrected chi connectivity index (χ2v) is 1.98. The molecule has 34 valence electrons. The first-order valence-electron chi connectivity index (χ1n) is 2.18. The molecule has 0 rings (SSSR count). The van der Waals surface area contributed by atoms with Gasteiger partial charge in [0.05, 0.1) is 7.85 Å². The van der Waals surface area contributed by atoms with Gasteiger partial charge in [-0.2, -0.15) is 0 Å². The molecule has 0 spiro atoms. The van der Waals surface area contributed by atoms with Crippen molar-refractivity contribution in [2.45, 2.75) is 19.2 Å². The molecule has 2 radical (unpaired) electrons. The van der Waals surface area contributed by atoms with Crippen LogP contribution in [0.3, 0.4) is 0 Å². The van der Waals surface area contributed by atoms with Crippen LogP contribution in [-0.4, -0.2) is 13.2 Å². The summed E-state index contributed by atoms with van der Waals surface area (Å²) in [6.07, 6.45) is 3.17. The monoisotopic (exact) mass is 146 g/mol. The minimum Gasteiger partial charge on any atom is -0.0928 e. The van der Waals surface area contributed by atoms with Gasteiger partial charge in [0, 0.05) is 5.33 Å². The Hall–Kier alpha value is 0.545. The second-order valence-electron chi connectivity index (χ2n) is 1.18. The first-order valence-corrected chi connectivity index (χ1v) is 3.30. The molecule has 0 saturated carbocycles. The third-order valence-electron chi connectivity index (χ3n) is 0.588. The quantitative estimate of drug-likeness (QED) is 0.324. The minimum absolute atomic E-state index is 0.825. The first kappa shape index (κ1) is 6.54. The first-order chi connectivity index (χ1) is 2.91. The van der Waals surface area contributed by atoms with Gasteiger partial charge in [0.2, 0.25) is 0 Å². The smallest absolute Gasteiger partial charge is 0.0653 e. The van der Waals surface area contributed by atoms with Gasteiger partial charge in [0.15, 0.2) is 0 Å². The van der Waals surface area contributed by atoms with Crippen LogP contribution in [-0.2, 0) is 0 Å². The fourth-order valence-corrected chi connectivity index (χ4v) is 0.635. The van der Waals surface area contributed by atoms with Crippen molar-refractivity contribution >= 4 is 23.8 Å². The Bertz CT molecular complexity index is 19.5. The zero-order valence-electron chi connectivity index (χ0n) is 3.78. The summed E-state index contributed by atoms with van der Waals surface area (Å²) in [6.45, 7) is 0. The Morgan fingerprint density at radius 1 is 1.33 bits per heavy atom. The lowest BCUT2D eigenvalue weighted by atomic mass is 10.0. The summed E-state index contributed by atoms with van der Waals surface area (Å²) in [7, 11) is 5.19. The SMILES string of the molecule is [B]CCCCBr. The fourth-order valence-electron chi connectivity index (χ4n) is 0.239. The van der Waals surface area contributed by atoms with Crippen molar-refractivity contribution in [2.75, 3.05) is 5.33 Å². The van der Waals surface area contributed by atoms with E-state index in [9.17, 15) is 0 Å². The van der Waals surface area contributed by atoms with Crippen LogP contribution in [0.4, 0.5) is 0 Å². The van der Waals surface area contributed by atoms with E-state index < -0.39 is 0 Å². The van der Waals surface area contributed by atoms with E-state index in [-0.39, 0.29) is 0 Å². The topological polar surface area (TPSA) is 0 Å². The Labute approximate surface area is 48.9 Å². The molecule has 0 aromatic rings. The van der Waals surface area contributed by atoms with Crippen LogP contribution >= 0.6 is 15.9 Å². The Morgan fingerprint density at radius 3 is 2.17 bits per heavy atom. The van der Waals surface area contributed by atoms with Crippen LogP contribution in [0.5, 0.6) is 0 Å². The molecule has 0 unspecified atom stereocenters. The Balaban J connectivity index is 2.34. The molecule has 6 heavy (non-hydrogen) atoms. The molecule has 0 nitrogen and oxygen atoms in total. The van der Waals surface area contributed by atoms with E-state index in [2.05, 4.69) is 15.9 Å². The molecule has 0 bridgehead atoms. The van der Waals surface area contributed by atoms with Gasteiger partial charge < -0.3 is 0 Å². The number of rotatable bonds is 3. The van der Waals surface area contributed by atoms with Crippen molar-refractivity contribution in [1.29, 1.82) is 0 Å². The van der Waals surface area contributed by atoms with Crippen molar-refractivity contribution in [2.24, 2.45) is 0 Å². The third-order valence-corrected chi connectivity index (χ3v) is 1.15. The lowest BCUT2D eigenvalue weighted by Crippen LogP contribution is -1.72. The highest BCUT2D eigenvalue weighted by molar-refractivity contribution is 9.09. The van der Waals surface area contributed by atoms with E-state index in [0.717, 1.165) is 18.1 Å². The lowest BCUT2D eigenvalue weighted by molar-refractivity contribution is 0.899. The fraction of sp³-hybridized carbons (Fsp3) is 1.00. The molecule has 2 heteroatoms. The molecule has 0 N–H and O–H groups in total. The normalized spacial score (nSPS) is 8.83. The summed E-state index contributed by atoms with van der Waals surface area (Å²) in [5.41, 5.74) is 0. The second kappa shape index (κ2) is 5.54. The number of halogens is 1. The van der Waals surface area contributed by atoms with Gasteiger partial charge in [0.1, 0.15) is 0 Å². The average molecular weight is 147 g/mol. The van der Waals surface area contributed by atoms with Crippen molar-refractivity contribution < 1.29 is 0 Å². The molecule has 0 atom stereocenters. The van der Waals surface area contributed by atoms with E-state index in [0.29, 0.717) is 0 Å². The molecule has 0 aliphatic carbocycles. The summed E-state index contributed by atoms with van der Waals surface area (Å²) < 4.78 is 0. The Kier molecular flexibility index (Phi) is 6.05.